The van der Waals surface area contributed by atoms with Gasteiger partial charge >= 0.3 is 0 Å². The average Bonchev–Trinajstić information content (AvgIpc) is 3.72. The molecule has 0 fully saturated rings. The van der Waals surface area contributed by atoms with Gasteiger partial charge in [-0.05, 0) is 104 Å². The van der Waals surface area contributed by atoms with Crippen LogP contribution in [0.3, 0.4) is 0 Å². The zero-order chi connectivity index (χ0) is 31.9. The third kappa shape index (κ3) is 3.94. The van der Waals surface area contributed by atoms with Gasteiger partial charge in [0.2, 0.25) is 0 Å². The fourth-order valence-corrected chi connectivity index (χ4v) is 10.4. The van der Waals surface area contributed by atoms with Crippen LogP contribution in [0.25, 0.3) is 107 Å². The van der Waals surface area contributed by atoms with E-state index in [4.69, 9.17) is 0 Å². The molecule has 2 aromatic heterocycles. The highest BCUT2D eigenvalue weighted by molar-refractivity contribution is 7.27. The average molecular weight is 647 g/mol. The van der Waals surface area contributed by atoms with Crippen molar-refractivity contribution >= 4 is 107 Å². The van der Waals surface area contributed by atoms with Crippen LogP contribution in [0.15, 0.2) is 133 Å². The van der Waals surface area contributed by atoms with Crippen molar-refractivity contribution in [3.05, 3.63) is 144 Å². The quantitative estimate of drug-likeness (QED) is 0.175. The molecule has 0 amide bonds. The fourth-order valence-electron chi connectivity index (χ4n) is 8.02. The van der Waals surface area contributed by atoms with Crippen LogP contribution < -0.4 is 10.4 Å². The summed E-state index contributed by atoms with van der Waals surface area (Å²) in [6.45, 7) is 4.30. The van der Waals surface area contributed by atoms with E-state index < -0.39 is 0 Å². The van der Waals surface area contributed by atoms with E-state index in [-0.39, 0.29) is 0 Å². The fraction of sp³-hybridized carbons (Fsp3) is 0.0435. The van der Waals surface area contributed by atoms with Crippen LogP contribution in [0.5, 0.6) is 0 Å². The van der Waals surface area contributed by atoms with Gasteiger partial charge in [0.25, 0.3) is 0 Å². The maximum absolute atomic E-state index is 2.42. The second kappa shape index (κ2) is 10.6. The van der Waals surface area contributed by atoms with Gasteiger partial charge in [-0.25, -0.2) is 0 Å². The van der Waals surface area contributed by atoms with Crippen LogP contribution in [0.1, 0.15) is 13.8 Å². The Bertz CT molecular complexity index is 3080. The minimum Gasteiger partial charge on any atom is -0.135 e. The molecule has 10 aromatic rings. The van der Waals surface area contributed by atoms with E-state index in [1.807, 2.05) is 22.7 Å². The second-order valence-electron chi connectivity index (χ2n) is 12.6. The minimum atomic E-state index is 1.26. The van der Waals surface area contributed by atoms with Crippen molar-refractivity contribution in [3.63, 3.8) is 0 Å². The molecular weight excluding hydrogens is 617 g/mol. The molecule has 0 radical (unpaired) electrons. The Morgan fingerprint density at radius 3 is 1.92 bits per heavy atom. The Labute approximate surface area is 286 Å². The van der Waals surface area contributed by atoms with Gasteiger partial charge in [-0.2, -0.15) is 0 Å². The minimum absolute atomic E-state index is 1.26. The van der Waals surface area contributed by atoms with Gasteiger partial charge in [0.1, 0.15) is 0 Å². The summed E-state index contributed by atoms with van der Waals surface area (Å²) in [4.78, 5) is 0. The van der Waals surface area contributed by atoms with Crippen molar-refractivity contribution < 1.29 is 0 Å². The molecule has 0 N–H and O–H groups in total. The lowest BCUT2D eigenvalue weighted by molar-refractivity contribution is 1.52. The third-order valence-electron chi connectivity index (χ3n) is 10.2. The van der Waals surface area contributed by atoms with Crippen LogP contribution in [-0.2, 0) is 0 Å². The first kappa shape index (κ1) is 27.8. The molecule has 0 spiro atoms. The molecule has 0 nitrogen and oxygen atoms in total. The Kier molecular flexibility index (Phi) is 6.15. The lowest BCUT2D eigenvalue weighted by atomic mass is 9.88. The summed E-state index contributed by atoms with van der Waals surface area (Å²) in [5, 5.41) is 15.8. The van der Waals surface area contributed by atoms with E-state index in [1.165, 1.54) is 105 Å². The van der Waals surface area contributed by atoms with Gasteiger partial charge in [0.15, 0.2) is 0 Å². The largest absolute Gasteiger partial charge is 0.135 e. The van der Waals surface area contributed by atoms with Crippen molar-refractivity contribution in [3.8, 4) is 22.3 Å². The first-order valence-corrected chi connectivity index (χ1v) is 18.2. The predicted octanol–water partition coefficient (Wildman–Crippen LogP) is 12.8. The van der Waals surface area contributed by atoms with Gasteiger partial charge in [-0.1, -0.05) is 115 Å². The van der Waals surface area contributed by atoms with E-state index in [9.17, 15) is 0 Å². The summed E-state index contributed by atoms with van der Waals surface area (Å²) in [7, 11) is 0. The summed E-state index contributed by atoms with van der Waals surface area (Å²) < 4.78 is 5.42. The van der Waals surface area contributed by atoms with Crippen LogP contribution in [0, 0.1) is 0 Å². The molecule has 226 valence electrons. The molecule has 0 unspecified atom stereocenters. The summed E-state index contributed by atoms with van der Waals surface area (Å²) in [6, 6.07) is 50.0. The summed E-state index contributed by atoms with van der Waals surface area (Å²) in [5.41, 5.74) is 5.12. The first-order valence-electron chi connectivity index (χ1n) is 16.6. The molecule has 0 aliphatic carbocycles. The maximum Gasteiger partial charge on any atom is 0.0434 e. The van der Waals surface area contributed by atoms with Crippen molar-refractivity contribution in [1.29, 1.82) is 0 Å². The van der Waals surface area contributed by atoms with Crippen LogP contribution >= 0.6 is 22.7 Å². The molecule has 10 rings (SSSR count). The highest BCUT2D eigenvalue weighted by atomic mass is 32.1. The highest BCUT2D eigenvalue weighted by Crippen LogP contribution is 2.45. The molecule has 0 atom stereocenters. The molecule has 0 saturated heterocycles. The molecule has 8 aromatic carbocycles. The van der Waals surface area contributed by atoms with Crippen LogP contribution in [0.2, 0.25) is 0 Å². The molecule has 2 heteroatoms. The first-order chi connectivity index (χ1) is 23.7. The summed E-state index contributed by atoms with van der Waals surface area (Å²) in [5.74, 6) is 0. The van der Waals surface area contributed by atoms with Crippen LogP contribution in [-0.4, -0.2) is 0 Å². The summed E-state index contributed by atoms with van der Waals surface area (Å²) >= 11 is 3.81. The molecular formula is C46H30S2. The lowest BCUT2D eigenvalue weighted by Gasteiger charge is -2.15. The highest BCUT2D eigenvalue weighted by Gasteiger charge is 2.17. The molecule has 0 saturated carbocycles. The zero-order valence-corrected chi connectivity index (χ0v) is 28.3. The van der Waals surface area contributed by atoms with Gasteiger partial charge in [0, 0.05) is 45.7 Å². The number of thiophene rings is 2. The number of fused-ring (bicyclic) bond motifs is 11. The zero-order valence-electron chi connectivity index (χ0n) is 26.7. The predicted molar refractivity (Wildman–Crippen MR) is 215 cm³/mol. The van der Waals surface area contributed by atoms with E-state index in [0.717, 1.165) is 0 Å². The van der Waals surface area contributed by atoms with Crippen molar-refractivity contribution in [2.24, 2.45) is 0 Å². The molecule has 0 bridgehead atoms. The smallest absolute Gasteiger partial charge is 0.0434 e. The van der Waals surface area contributed by atoms with Gasteiger partial charge < -0.3 is 0 Å². The molecule has 0 aliphatic heterocycles. The Morgan fingerprint density at radius 2 is 1.08 bits per heavy atom. The third-order valence-corrected chi connectivity index (χ3v) is 12.6. The van der Waals surface area contributed by atoms with E-state index in [0.29, 0.717) is 0 Å². The number of benzene rings is 8. The topological polar surface area (TPSA) is 0 Å². The number of rotatable bonds is 2. The standard InChI is InChI=1S/C46H30S2/c1-3-27-25-28-11-5-6-12-32(28)44(30(27)4-2)35-19-18-31(33-13-7-8-14-34(33)35)29-17-23-42-40(26-29)38-21-20-36-37(46(38)48-42)22-24-43-45(36)39-15-9-10-16-41(39)47-43/h3-26H,1-2H3/b27-3-,30-4+. The maximum atomic E-state index is 2.42. The van der Waals surface area contributed by atoms with Gasteiger partial charge in [0.05, 0.1) is 0 Å². The molecule has 48 heavy (non-hydrogen) atoms. The van der Waals surface area contributed by atoms with E-state index in [2.05, 4.69) is 159 Å². The number of hydrogen-bond donors (Lipinski definition) is 0. The number of hydrogen-bond acceptors (Lipinski definition) is 2. The van der Waals surface area contributed by atoms with Gasteiger partial charge in [-0.15, -0.1) is 22.7 Å². The van der Waals surface area contributed by atoms with Crippen molar-refractivity contribution in [2.75, 3.05) is 0 Å². The SMILES string of the molecule is C/C=c1/cc2ccccc2c(-c2ccc(-c3ccc4sc5c(ccc6c5ccc5sc7ccccc7c56)c4c3)c3ccccc23)/c1=C/C. The molecule has 2 heterocycles. The Balaban J connectivity index is 1.20. The Hall–Kier alpha value is -5.28. The molecule has 0 aliphatic rings. The lowest BCUT2D eigenvalue weighted by Crippen LogP contribution is -2.26. The van der Waals surface area contributed by atoms with E-state index in [1.54, 1.807) is 0 Å². The normalized spacial score (nSPS) is 13.0. The van der Waals surface area contributed by atoms with Crippen LogP contribution in [0.4, 0.5) is 0 Å². The summed E-state index contributed by atoms with van der Waals surface area (Å²) in [6.07, 6.45) is 4.50. The van der Waals surface area contributed by atoms with E-state index >= 15 is 0 Å². The monoisotopic (exact) mass is 646 g/mol. The van der Waals surface area contributed by atoms with Crippen molar-refractivity contribution in [2.45, 2.75) is 13.8 Å². The van der Waals surface area contributed by atoms with Gasteiger partial charge in [-0.3, -0.25) is 0 Å². The van der Waals surface area contributed by atoms with Crippen molar-refractivity contribution in [1.82, 2.24) is 0 Å². The second-order valence-corrected chi connectivity index (χ2v) is 14.8. The Morgan fingerprint density at radius 1 is 0.438 bits per heavy atom.